The highest BCUT2D eigenvalue weighted by Gasteiger charge is 2.54. The van der Waals surface area contributed by atoms with Crippen LogP contribution in [0.2, 0.25) is 0 Å². The Morgan fingerprint density at radius 3 is 1.96 bits per heavy atom. The first-order chi connectivity index (χ1) is 11.4. The Labute approximate surface area is 154 Å². The summed E-state index contributed by atoms with van der Waals surface area (Å²) in [5, 5.41) is 0. The fourth-order valence-corrected chi connectivity index (χ4v) is 3.24. The highest BCUT2D eigenvalue weighted by molar-refractivity contribution is 7.84. The smallest absolute Gasteiger partial charge is 0.481 e. The van der Waals surface area contributed by atoms with Gasteiger partial charge in [0, 0.05) is 0 Å². The van der Waals surface area contributed by atoms with Crippen LogP contribution in [0.25, 0.3) is 0 Å². The largest absolute Gasteiger partial charge is 0.497 e. The molecule has 0 aromatic heterocycles. The lowest BCUT2D eigenvalue weighted by Gasteiger charge is -2.32. The van der Waals surface area contributed by atoms with Gasteiger partial charge in [-0.3, -0.25) is 0 Å². The van der Waals surface area contributed by atoms with Crippen LogP contribution in [-0.2, 0) is 20.3 Å². The first-order valence-corrected chi connectivity index (χ1v) is 9.70. The second-order valence-corrected chi connectivity index (χ2v) is 10.4. The van der Waals surface area contributed by atoms with Crippen LogP contribution < -0.4 is 9.46 Å². The molecule has 0 aliphatic carbocycles. The van der Waals surface area contributed by atoms with Crippen LogP contribution in [-0.4, -0.2) is 34.4 Å². The molecular weight excluding hydrogens is 337 g/mol. The van der Waals surface area contributed by atoms with E-state index in [1.54, 1.807) is 7.11 Å². The fraction of sp³-hybridized carbons (Fsp3) is 0.667. The van der Waals surface area contributed by atoms with E-state index in [2.05, 4.69) is 4.72 Å². The van der Waals surface area contributed by atoms with Crippen LogP contribution in [0.3, 0.4) is 0 Å². The molecule has 1 aliphatic heterocycles. The van der Waals surface area contributed by atoms with Gasteiger partial charge in [0.2, 0.25) is 0 Å². The van der Waals surface area contributed by atoms with Crippen LogP contribution in [0.4, 0.5) is 0 Å². The molecule has 1 heterocycles. The SMILES string of the molecule is COc1ccc([C@H](N[S@](=O)C(C)(C)C)B2OC(C)(C)C(C)(C)O2)cc1. The van der Waals surface area contributed by atoms with E-state index in [1.807, 2.05) is 72.7 Å². The van der Waals surface area contributed by atoms with Gasteiger partial charge < -0.3 is 14.0 Å². The van der Waals surface area contributed by atoms with Crippen LogP contribution in [0.15, 0.2) is 24.3 Å². The van der Waals surface area contributed by atoms with E-state index in [0.29, 0.717) is 0 Å². The van der Waals surface area contributed by atoms with Crippen LogP contribution in [0.1, 0.15) is 60.0 Å². The minimum Gasteiger partial charge on any atom is -0.497 e. The Kier molecular flexibility index (Phi) is 5.74. The second-order valence-electron chi connectivity index (χ2n) is 8.37. The Morgan fingerprint density at radius 1 is 1.08 bits per heavy atom. The molecule has 0 unspecified atom stereocenters. The van der Waals surface area contributed by atoms with Crippen molar-refractivity contribution in [2.45, 2.75) is 70.4 Å². The van der Waals surface area contributed by atoms with Crippen molar-refractivity contribution in [2.24, 2.45) is 0 Å². The summed E-state index contributed by atoms with van der Waals surface area (Å²) in [6.07, 6.45) is 0. The van der Waals surface area contributed by atoms with Gasteiger partial charge in [0.1, 0.15) is 5.75 Å². The lowest BCUT2D eigenvalue weighted by atomic mass is 9.75. The molecule has 1 aliphatic rings. The predicted molar refractivity (Wildman–Crippen MR) is 103 cm³/mol. The number of nitrogens with one attached hydrogen (secondary N) is 1. The maximum Gasteiger partial charge on any atom is 0.481 e. The molecule has 0 amide bonds. The molecule has 0 saturated carbocycles. The lowest BCUT2D eigenvalue weighted by molar-refractivity contribution is 0.00578. The summed E-state index contributed by atoms with van der Waals surface area (Å²) >= 11 is 0. The third kappa shape index (κ3) is 4.45. The third-order valence-electron chi connectivity index (χ3n) is 4.81. The second kappa shape index (κ2) is 7.03. The Bertz CT molecular complexity index is 609. The molecule has 7 heteroatoms. The summed E-state index contributed by atoms with van der Waals surface area (Å²) < 4.78 is 33.2. The Balaban J connectivity index is 2.34. The predicted octanol–water partition coefficient (Wildman–Crippen LogP) is 3.42. The average molecular weight is 367 g/mol. The summed E-state index contributed by atoms with van der Waals surface area (Å²) in [6, 6.07) is 7.66. The van der Waals surface area contributed by atoms with Crippen molar-refractivity contribution < 1.29 is 18.3 Å². The number of hydrogen-bond acceptors (Lipinski definition) is 4. The molecule has 1 aromatic rings. The first kappa shape index (κ1) is 20.4. The zero-order valence-corrected chi connectivity index (χ0v) is 17.3. The van der Waals surface area contributed by atoms with Gasteiger partial charge in [-0.05, 0) is 66.2 Å². The number of ether oxygens (including phenoxy) is 1. The van der Waals surface area contributed by atoms with Gasteiger partial charge in [0.15, 0.2) is 0 Å². The molecular formula is C18H30BNO4S. The Hall–Kier alpha value is -0.885. The molecule has 5 nitrogen and oxygen atoms in total. The highest BCUT2D eigenvalue weighted by Crippen LogP contribution is 2.40. The van der Waals surface area contributed by atoms with Gasteiger partial charge in [0.05, 0.1) is 40.0 Å². The van der Waals surface area contributed by atoms with Gasteiger partial charge in [-0.15, -0.1) is 0 Å². The number of benzene rings is 1. The minimum atomic E-state index is -1.26. The topological polar surface area (TPSA) is 56.8 Å². The van der Waals surface area contributed by atoms with E-state index in [0.717, 1.165) is 11.3 Å². The van der Waals surface area contributed by atoms with E-state index in [1.165, 1.54) is 0 Å². The van der Waals surface area contributed by atoms with E-state index < -0.39 is 34.1 Å². The normalized spacial score (nSPS) is 21.8. The Morgan fingerprint density at radius 2 is 1.56 bits per heavy atom. The van der Waals surface area contributed by atoms with Crippen molar-refractivity contribution in [1.29, 1.82) is 0 Å². The quantitative estimate of drug-likeness (QED) is 0.811. The van der Waals surface area contributed by atoms with E-state index in [4.69, 9.17) is 14.0 Å². The van der Waals surface area contributed by atoms with Gasteiger partial charge in [-0.2, -0.15) is 0 Å². The highest BCUT2D eigenvalue weighted by atomic mass is 32.2. The molecule has 2 rings (SSSR count). The van der Waals surface area contributed by atoms with E-state index in [-0.39, 0.29) is 5.94 Å². The number of methoxy groups -OCH3 is 1. The van der Waals surface area contributed by atoms with Gasteiger partial charge in [-0.25, -0.2) is 8.93 Å². The summed E-state index contributed by atoms with van der Waals surface area (Å²) in [6.45, 7) is 13.9. The summed E-state index contributed by atoms with van der Waals surface area (Å²) in [7, 11) is -0.167. The molecule has 140 valence electrons. The van der Waals surface area contributed by atoms with E-state index >= 15 is 0 Å². The van der Waals surface area contributed by atoms with E-state index in [9.17, 15) is 4.21 Å². The maximum absolute atomic E-state index is 12.7. The number of hydrogen-bond donors (Lipinski definition) is 1. The van der Waals surface area contributed by atoms with Crippen molar-refractivity contribution in [1.82, 2.24) is 4.72 Å². The molecule has 0 bridgehead atoms. The first-order valence-electron chi connectivity index (χ1n) is 8.55. The average Bonchev–Trinajstić information content (AvgIpc) is 2.71. The third-order valence-corrected chi connectivity index (χ3v) is 6.39. The maximum atomic E-state index is 12.7. The summed E-state index contributed by atoms with van der Waals surface area (Å²) in [4.78, 5) is 0. The van der Waals surface area contributed by atoms with Gasteiger partial charge in [0.25, 0.3) is 0 Å². The van der Waals surface area contributed by atoms with Gasteiger partial charge >= 0.3 is 7.12 Å². The molecule has 1 aromatic carbocycles. The van der Waals surface area contributed by atoms with Gasteiger partial charge in [-0.1, -0.05) is 12.1 Å². The van der Waals surface area contributed by atoms with Crippen molar-refractivity contribution in [3.8, 4) is 5.75 Å². The molecule has 0 spiro atoms. The standard InChI is InChI=1S/C18H30BNO4S/c1-16(2,3)25(21)20-15(13-9-11-14(22-8)12-10-13)19-23-17(4,5)18(6,7)24-19/h9-12,15,20H,1-8H3/t15-,25+/m0/s1. The van der Waals surface area contributed by atoms with Crippen molar-refractivity contribution in [3.63, 3.8) is 0 Å². The number of rotatable bonds is 5. The molecule has 25 heavy (non-hydrogen) atoms. The van der Waals surface area contributed by atoms with Crippen molar-refractivity contribution in [2.75, 3.05) is 7.11 Å². The zero-order chi connectivity index (χ0) is 19.0. The van der Waals surface area contributed by atoms with Crippen molar-refractivity contribution in [3.05, 3.63) is 29.8 Å². The zero-order valence-electron chi connectivity index (χ0n) is 16.5. The fourth-order valence-electron chi connectivity index (χ4n) is 2.41. The lowest BCUT2D eigenvalue weighted by Crippen LogP contribution is -2.43. The van der Waals surface area contributed by atoms with Crippen LogP contribution in [0, 0.1) is 0 Å². The molecule has 1 saturated heterocycles. The molecule has 0 radical (unpaired) electrons. The summed E-state index contributed by atoms with van der Waals surface area (Å²) in [5.41, 5.74) is 0.0394. The monoisotopic (exact) mass is 367 g/mol. The van der Waals surface area contributed by atoms with Crippen LogP contribution >= 0.6 is 0 Å². The molecule has 2 atom stereocenters. The van der Waals surface area contributed by atoms with Crippen LogP contribution in [0.5, 0.6) is 5.75 Å². The minimum absolute atomic E-state index is 0.355. The molecule has 1 N–H and O–H groups in total. The molecule has 1 fully saturated rings. The summed E-state index contributed by atoms with van der Waals surface area (Å²) in [5.74, 6) is 0.417. The van der Waals surface area contributed by atoms with Crippen molar-refractivity contribution >= 4 is 18.1 Å².